The molecule has 0 heterocycles. The highest BCUT2D eigenvalue weighted by molar-refractivity contribution is 7.99. The van der Waals surface area contributed by atoms with E-state index in [-0.39, 0.29) is 12.0 Å². The quantitative estimate of drug-likeness (QED) is 0.849. The number of aliphatic carboxylic acids is 1. The largest absolute Gasteiger partial charge is 0.481 e. The van der Waals surface area contributed by atoms with Gasteiger partial charge in [-0.05, 0) is 47.9 Å². The Hall–Kier alpha value is -2.27. The molecule has 22 heavy (non-hydrogen) atoms. The molecule has 0 fully saturated rings. The number of benzene rings is 2. The Kier molecular flexibility index (Phi) is 5.22. The van der Waals surface area contributed by atoms with Gasteiger partial charge in [-0.1, -0.05) is 30.8 Å². The third kappa shape index (κ3) is 4.11. The summed E-state index contributed by atoms with van der Waals surface area (Å²) in [5.41, 5.74) is 2.11. The van der Waals surface area contributed by atoms with Crippen molar-refractivity contribution in [2.75, 3.05) is 0 Å². The summed E-state index contributed by atoms with van der Waals surface area (Å²) >= 11 is 1.44. The minimum atomic E-state index is -0.963. The van der Waals surface area contributed by atoms with E-state index in [0.717, 1.165) is 27.3 Å². The second kappa shape index (κ2) is 7.13. The molecule has 2 aromatic carbocycles. The molecule has 0 radical (unpaired) electrons. The van der Waals surface area contributed by atoms with Crippen molar-refractivity contribution in [2.24, 2.45) is 0 Å². The van der Waals surface area contributed by atoms with Crippen molar-refractivity contribution in [2.45, 2.75) is 29.6 Å². The highest BCUT2D eigenvalue weighted by Crippen LogP contribution is 2.31. The van der Waals surface area contributed by atoms with Crippen LogP contribution in [-0.2, 0) is 17.6 Å². The maximum Gasteiger partial charge on any atom is 0.335 e. The first-order valence-electron chi connectivity index (χ1n) is 6.84. The van der Waals surface area contributed by atoms with Gasteiger partial charge in [-0.2, -0.15) is 0 Å². The second-order valence-electron chi connectivity index (χ2n) is 4.80. The van der Waals surface area contributed by atoms with E-state index >= 15 is 0 Å². The molecule has 0 aliphatic heterocycles. The van der Waals surface area contributed by atoms with E-state index in [4.69, 9.17) is 10.2 Å². The van der Waals surface area contributed by atoms with Gasteiger partial charge in [0.2, 0.25) is 0 Å². The van der Waals surface area contributed by atoms with E-state index < -0.39 is 11.9 Å². The molecule has 0 amide bonds. The number of aromatic carboxylic acids is 1. The molecule has 0 unspecified atom stereocenters. The Morgan fingerprint density at radius 2 is 1.73 bits per heavy atom. The molecule has 0 aliphatic rings. The number of carboxylic acid groups (broad SMARTS) is 2. The Morgan fingerprint density at radius 3 is 2.27 bits per heavy atom. The van der Waals surface area contributed by atoms with Gasteiger partial charge in [0.05, 0.1) is 12.0 Å². The normalized spacial score (nSPS) is 10.4. The summed E-state index contributed by atoms with van der Waals surface area (Å²) in [5.74, 6) is -1.83. The van der Waals surface area contributed by atoms with Crippen molar-refractivity contribution in [3.8, 4) is 0 Å². The van der Waals surface area contributed by atoms with Crippen molar-refractivity contribution >= 4 is 23.7 Å². The fourth-order valence-electron chi connectivity index (χ4n) is 2.05. The van der Waals surface area contributed by atoms with Crippen LogP contribution < -0.4 is 0 Å². The van der Waals surface area contributed by atoms with Crippen molar-refractivity contribution in [1.82, 2.24) is 0 Å². The van der Waals surface area contributed by atoms with Crippen LogP contribution in [0.4, 0.5) is 0 Å². The number of aryl methyl sites for hydroxylation is 1. The van der Waals surface area contributed by atoms with Crippen molar-refractivity contribution < 1.29 is 19.8 Å². The molecule has 0 saturated carbocycles. The summed E-state index contributed by atoms with van der Waals surface area (Å²) in [6.07, 6.45) is 0.828. The number of rotatable bonds is 6. The Labute approximate surface area is 132 Å². The maximum atomic E-state index is 11.0. The van der Waals surface area contributed by atoms with E-state index in [1.807, 2.05) is 25.1 Å². The predicted molar refractivity (Wildman–Crippen MR) is 84.7 cm³/mol. The number of carboxylic acids is 2. The molecule has 5 heteroatoms. The summed E-state index contributed by atoms with van der Waals surface area (Å²) in [4.78, 5) is 23.6. The van der Waals surface area contributed by atoms with Gasteiger partial charge in [0.15, 0.2) is 0 Å². The van der Waals surface area contributed by atoms with Crippen molar-refractivity contribution in [3.05, 3.63) is 59.2 Å². The fraction of sp³-hybridized carbons (Fsp3) is 0.176. The van der Waals surface area contributed by atoms with Crippen LogP contribution in [0, 0.1) is 0 Å². The summed E-state index contributed by atoms with van der Waals surface area (Å²) in [7, 11) is 0. The zero-order valence-electron chi connectivity index (χ0n) is 12.1. The van der Waals surface area contributed by atoms with Crippen LogP contribution >= 0.6 is 11.8 Å². The maximum absolute atomic E-state index is 11.0. The van der Waals surface area contributed by atoms with Gasteiger partial charge in [-0.3, -0.25) is 4.79 Å². The van der Waals surface area contributed by atoms with Gasteiger partial charge in [-0.15, -0.1) is 0 Å². The molecule has 0 aliphatic carbocycles. The number of hydrogen-bond acceptors (Lipinski definition) is 3. The van der Waals surface area contributed by atoms with E-state index in [1.165, 1.54) is 11.8 Å². The van der Waals surface area contributed by atoms with Gasteiger partial charge in [0.25, 0.3) is 0 Å². The molecule has 2 aromatic rings. The standard InChI is InChI=1S/C17H16O4S/c1-2-11-3-8-15(13(9-11)10-16(18)19)22-14-6-4-12(5-7-14)17(20)21/h3-9H,2,10H2,1H3,(H,18,19)(H,20,21). The number of carbonyl (C=O) groups is 2. The SMILES string of the molecule is CCc1ccc(Sc2ccc(C(=O)O)cc2)c(CC(=O)O)c1. The fourth-order valence-corrected chi connectivity index (χ4v) is 2.97. The van der Waals surface area contributed by atoms with E-state index in [2.05, 4.69) is 0 Å². The van der Waals surface area contributed by atoms with Crippen LogP contribution in [0.25, 0.3) is 0 Å². The van der Waals surface area contributed by atoms with Gasteiger partial charge < -0.3 is 10.2 Å². The second-order valence-corrected chi connectivity index (χ2v) is 5.91. The molecule has 2 rings (SSSR count). The third-order valence-corrected chi connectivity index (χ3v) is 4.33. The Balaban J connectivity index is 2.27. The van der Waals surface area contributed by atoms with Gasteiger partial charge >= 0.3 is 11.9 Å². The minimum absolute atomic E-state index is 0.0244. The van der Waals surface area contributed by atoms with Crippen molar-refractivity contribution in [3.63, 3.8) is 0 Å². The first kappa shape index (κ1) is 16.1. The predicted octanol–water partition coefficient (Wildman–Crippen LogP) is 3.73. The molecule has 0 aromatic heterocycles. The smallest absolute Gasteiger partial charge is 0.335 e. The molecule has 114 valence electrons. The Bertz CT molecular complexity index is 692. The molecule has 0 atom stereocenters. The summed E-state index contributed by atoms with van der Waals surface area (Å²) in [6.45, 7) is 2.03. The topological polar surface area (TPSA) is 74.6 Å². The first-order chi connectivity index (χ1) is 10.5. The molecule has 0 bridgehead atoms. The van der Waals surface area contributed by atoms with Crippen LogP contribution in [0.3, 0.4) is 0 Å². The van der Waals surface area contributed by atoms with Crippen molar-refractivity contribution in [1.29, 1.82) is 0 Å². The summed E-state index contributed by atoms with van der Waals surface area (Å²) in [6, 6.07) is 12.4. The van der Waals surface area contributed by atoms with E-state index in [1.54, 1.807) is 24.3 Å². The van der Waals surface area contributed by atoms with Crippen LogP contribution in [0.5, 0.6) is 0 Å². The van der Waals surface area contributed by atoms with Crippen LogP contribution in [0.2, 0.25) is 0 Å². The Morgan fingerprint density at radius 1 is 1.05 bits per heavy atom. The molecule has 2 N–H and O–H groups in total. The molecular weight excluding hydrogens is 300 g/mol. The average Bonchev–Trinajstić information content (AvgIpc) is 2.49. The van der Waals surface area contributed by atoms with Gasteiger partial charge in [-0.25, -0.2) is 4.79 Å². The van der Waals surface area contributed by atoms with E-state index in [0.29, 0.717) is 0 Å². The monoisotopic (exact) mass is 316 g/mol. The highest BCUT2D eigenvalue weighted by Gasteiger charge is 2.10. The first-order valence-corrected chi connectivity index (χ1v) is 7.66. The zero-order valence-corrected chi connectivity index (χ0v) is 12.9. The summed E-state index contributed by atoms with van der Waals surface area (Å²) < 4.78 is 0. The average molecular weight is 316 g/mol. The summed E-state index contributed by atoms with van der Waals surface area (Å²) in [5, 5.41) is 17.9. The lowest BCUT2D eigenvalue weighted by atomic mass is 10.1. The highest BCUT2D eigenvalue weighted by atomic mass is 32.2. The molecule has 4 nitrogen and oxygen atoms in total. The lowest BCUT2D eigenvalue weighted by molar-refractivity contribution is -0.136. The molecular formula is C17H16O4S. The zero-order chi connectivity index (χ0) is 16.1. The minimum Gasteiger partial charge on any atom is -0.481 e. The van der Waals surface area contributed by atoms with Crippen LogP contribution in [-0.4, -0.2) is 22.2 Å². The van der Waals surface area contributed by atoms with E-state index in [9.17, 15) is 9.59 Å². The van der Waals surface area contributed by atoms with Crippen LogP contribution in [0.15, 0.2) is 52.3 Å². The lowest BCUT2D eigenvalue weighted by Crippen LogP contribution is -2.02. The molecule has 0 spiro atoms. The number of hydrogen-bond donors (Lipinski definition) is 2. The van der Waals surface area contributed by atoms with Gasteiger partial charge in [0, 0.05) is 9.79 Å². The van der Waals surface area contributed by atoms with Gasteiger partial charge in [0.1, 0.15) is 0 Å². The molecule has 0 saturated heterocycles. The van der Waals surface area contributed by atoms with Crippen LogP contribution in [0.1, 0.15) is 28.4 Å². The third-order valence-electron chi connectivity index (χ3n) is 3.20. The lowest BCUT2D eigenvalue weighted by Gasteiger charge is -2.10.